The second kappa shape index (κ2) is 6.52. The molecule has 0 aliphatic rings. The minimum absolute atomic E-state index is 0.507. The van der Waals surface area contributed by atoms with Crippen molar-refractivity contribution in [3.8, 4) is 17.0 Å². The molecule has 1 aromatic carbocycles. The van der Waals surface area contributed by atoms with Gasteiger partial charge in [0.2, 0.25) is 5.88 Å². The standard InChI is InChI=1S/C16H17N3O/c1-12(17)8-9-18-15-5-3-4-13(10-15)14-6-7-16(20-2)19-11-14/h3-11,17-18H,1-2H3/b9-8-,17-12?. The normalized spacial score (nSPS) is 10.5. The van der Waals surface area contributed by atoms with Crippen LogP contribution in [-0.4, -0.2) is 17.8 Å². The number of aromatic nitrogens is 1. The highest BCUT2D eigenvalue weighted by molar-refractivity contribution is 5.90. The molecule has 2 N–H and O–H groups in total. The first-order chi connectivity index (χ1) is 9.69. The maximum absolute atomic E-state index is 7.33. The molecule has 1 aromatic heterocycles. The molecule has 20 heavy (non-hydrogen) atoms. The summed E-state index contributed by atoms with van der Waals surface area (Å²) < 4.78 is 5.05. The molecule has 0 atom stereocenters. The Kier molecular flexibility index (Phi) is 4.50. The highest BCUT2D eigenvalue weighted by atomic mass is 16.5. The summed E-state index contributed by atoms with van der Waals surface area (Å²) in [5, 5.41) is 10.5. The predicted octanol–water partition coefficient (Wildman–Crippen LogP) is 3.72. The summed E-state index contributed by atoms with van der Waals surface area (Å²) >= 11 is 0. The van der Waals surface area contributed by atoms with E-state index >= 15 is 0 Å². The molecule has 102 valence electrons. The number of pyridine rings is 1. The van der Waals surface area contributed by atoms with E-state index in [1.807, 2.05) is 36.4 Å². The average Bonchev–Trinajstić information content (AvgIpc) is 2.47. The van der Waals surface area contributed by atoms with Crippen molar-refractivity contribution in [3.63, 3.8) is 0 Å². The van der Waals surface area contributed by atoms with E-state index in [-0.39, 0.29) is 0 Å². The van der Waals surface area contributed by atoms with Gasteiger partial charge in [-0.05, 0) is 36.8 Å². The van der Waals surface area contributed by atoms with Crippen molar-refractivity contribution in [1.82, 2.24) is 4.98 Å². The first kappa shape index (κ1) is 13.8. The Bertz CT molecular complexity index is 618. The van der Waals surface area contributed by atoms with E-state index < -0.39 is 0 Å². The molecule has 2 aromatic rings. The lowest BCUT2D eigenvalue weighted by Crippen LogP contribution is -1.91. The Labute approximate surface area is 118 Å². The van der Waals surface area contributed by atoms with E-state index in [9.17, 15) is 0 Å². The lowest BCUT2D eigenvalue weighted by Gasteiger charge is -2.06. The van der Waals surface area contributed by atoms with E-state index in [4.69, 9.17) is 10.1 Å². The minimum atomic E-state index is 0.507. The molecule has 4 heteroatoms. The quantitative estimate of drug-likeness (QED) is 0.812. The molecule has 0 aliphatic heterocycles. The molecule has 0 unspecified atom stereocenters. The first-order valence-corrected chi connectivity index (χ1v) is 6.28. The van der Waals surface area contributed by atoms with Crippen LogP contribution >= 0.6 is 0 Å². The fraction of sp³-hybridized carbons (Fsp3) is 0.125. The Morgan fingerprint density at radius 1 is 1.25 bits per heavy atom. The molecular formula is C16H17N3O. The van der Waals surface area contributed by atoms with Gasteiger partial charge in [-0.3, -0.25) is 0 Å². The summed E-state index contributed by atoms with van der Waals surface area (Å²) in [5.74, 6) is 0.604. The molecule has 0 radical (unpaired) electrons. The van der Waals surface area contributed by atoms with Crippen LogP contribution in [0.1, 0.15) is 6.92 Å². The van der Waals surface area contributed by atoms with Gasteiger partial charge < -0.3 is 15.5 Å². The fourth-order valence-electron chi connectivity index (χ4n) is 1.72. The lowest BCUT2D eigenvalue weighted by molar-refractivity contribution is 0.398. The van der Waals surface area contributed by atoms with Crippen LogP contribution in [0.25, 0.3) is 11.1 Å². The Hall–Kier alpha value is -2.62. The van der Waals surface area contributed by atoms with Gasteiger partial charge >= 0.3 is 0 Å². The summed E-state index contributed by atoms with van der Waals surface area (Å²) in [4.78, 5) is 4.20. The number of nitrogens with one attached hydrogen (secondary N) is 2. The molecule has 0 saturated heterocycles. The highest BCUT2D eigenvalue weighted by Gasteiger charge is 2.00. The van der Waals surface area contributed by atoms with Crippen LogP contribution in [0.4, 0.5) is 5.69 Å². The molecule has 0 amide bonds. The van der Waals surface area contributed by atoms with E-state index in [0.29, 0.717) is 11.6 Å². The van der Waals surface area contributed by atoms with E-state index in [1.54, 1.807) is 32.5 Å². The zero-order valence-corrected chi connectivity index (χ0v) is 11.6. The lowest BCUT2D eigenvalue weighted by atomic mass is 10.1. The van der Waals surface area contributed by atoms with Crippen molar-refractivity contribution in [3.05, 3.63) is 54.9 Å². The summed E-state index contributed by atoms with van der Waals surface area (Å²) in [6, 6.07) is 11.8. The molecule has 1 heterocycles. The molecule has 0 bridgehead atoms. The number of hydrogen-bond acceptors (Lipinski definition) is 4. The van der Waals surface area contributed by atoms with Gasteiger partial charge in [0.25, 0.3) is 0 Å². The minimum Gasteiger partial charge on any atom is -0.481 e. The third-order valence-electron chi connectivity index (χ3n) is 2.72. The van der Waals surface area contributed by atoms with Crippen LogP contribution in [0.3, 0.4) is 0 Å². The summed E-state index contributed by atoms with van der Waals surface area (Å²) in [5.41, 5.74) is 3.58. The van der Waals surface area contributed by atoms with Crippen molar-refractivity contribution in [2.75, 3.05) is 12.4 Å². The molecule has 0 fully saturated rings. The summed E-state index contributed by atoms with van der Waals surface area (Å²) in [6.07, 6.45) is 5.25. The molecule has 2 rings (SSSR count). The highest BCUT2D eigenvalue weighted by Crippen LogP contribution is 2.23. The van der Waals surface area contributed by atoms with Crippen LogP contribution in [-0.2, 0) is 0 Å². The largest absolute Gasteiger partial charge is 0.481 e. The zero-order chi connectivity index (χ0) is 14.4. The van der Waals surface area contributed by atoms with Crippen molar-refractivity contribution < 1.29 is 4.74 Å². The average molecular weight is 267 g/mol. The monoisotopic (exact) mass is 267 g/mol. The Balaban J connectivity index is 2.18. The second-order valence-corrected chi connectivity index (χ2v) is 4.33. The van der Waals surface area contributed by atoms with Crippen LogP contribution in [0.5, 0.6) is 5.88 Å². The topological polar surface area (TPSA) is 58.0 Å². The third kappa shape index (κ3) is 3.68. The summed E-state index contributed by atoms with van der Waals surface area (Å²) in [7, 11) is 1.60. The van der Waals surface area contributed by atoms with Gasteiger partial charge in [-0.1, -0.05) is 12.1 Å². The van der Waals surface area contributed by atoms with Crippen LogP contribution < -0.4 is 10.1 Å². The van der Waals surface area contributed by atoms with Crippen molar-refractivity contribution in [2.45, 2.75) is 6.92 Å². The number of anilines is 1. The number of hydrogen-bond donors (Lipinski definition) is 2. The second-order valence-electron chi connectivity index (χ2n) is 4.33. The predicted molar refractivity (Wildman–Crippen MR) is 82.4 cm³/mol. The number of rotatable bonds is 5. The molecule has 0 spiro atoms. The van der Waals surface area contributed by atoms with Crippen LogP contribution in [0, 0.1) is 5.41 Å². The molecule has 0 saturated carbocycles. The van der Waals surface area contributed by atoms with Gasteiger partial charge in [0, 0.05) is 35.4 Å². The van der Waals surface area contributed by atoms with Gasteiger partial charge in [0.15, 0.2) is 0 Å². The number of allylic oxidation sites excluding steroid dienone is 1. The molecule has 4 nitrogen and oxygen atoms in total. The molecular weight excluding hydrogens is 250 g/mol. The SMILES string of the molecule is COc1ccc(-c2cccc(N/C=C\C(C)=N)c2)cn1. The van der Waals surface area contributed by atoms with Crippen molar-refractivity contribution >= 4 is 11.4 Å². The van der Waals surface area contributed by atoms with Crippen LogP contribution in [0.2, 0.25) is 0 Å². The smallest absolute Gasteiger partial charge is 0.212 e. The van der Waals surface area contributed by atoms with Gasteiger partial charge in [0.1, 0.15) is 0 Å². The van der Waals surface area contributed by atoms with E-state index in [1.165, 1.54) is 0 Å². The maximum Gasteiger partial charge on any atom is 0.212 e. The first-order valence-electron chi connectivity index (χ1n) is 6.28. The van der Waals surface area contributed by atoms with Crippen molar-refractivity contribution in [1.29, 1.82) is 5.41 Å². The van der Waals surface area contributed by atoms with Crippen LogP contribution in [0.15, 0.2) is 54.9 Å². The fourth-order valence-corrected chi connectivity index (χ4v) is 1.72. The maximum atomic E-state index is 7.33. The third-order valence-corrected chi connectivity index (χ3v) is 2.72. The number of methoxy groups -OCH3 is 1. The van der Waals surface area contributed by atoms with Gasteiger partial charge in [-0.2, -0.15) is 0 Å². The van der Waals surface area contributed by atoms with Crippen molar-refractivity contribution in [2.24, 2.45) is 0 Å². The van der Waals surface area contributed by atoms with Gasteiger partial charge in [-0.15, -0.1) is 0 Å². The molecule has 0 aliphatic carbocycles. The van der Waals surface area contributed by atoms with E-state index in [2.05, 4.69) is 10.3 Å². The Morgan fingerprint density at radius 3 is 2.75 bits per heavy atom. The zero-order valence-electron chi connectivity index (χ0n) is 11.6. The number of nitrogens with zero attached hydrogens (tertiary/aromatic N) is 1. The van der Waals surface area contributed by atoms with E-state index in [0.717, 1.165) is 16.8 Å². The van der Waals surface area contributed by atoms with Gasteiger partial charge in [-0.25, -0.2) is 4.98 Å². The summed E-state index contributed by atoms with van der Waals surface area (Å²) in [6.45, 7) is 1.73. The Morgan fingerprint density at radius 2 is 2.10 bits per heavy atom. The van der Waals surface area contributed by atoms with Gasteiger partial charge in [0.05, 0.1) is 7.11 Å². The number of ether oxygens (including phenoxy) is 1. The number of benzene rings is 1.